The average Bonchev–Trinajstić information content (AvgIpc) is 2.75. The largest absolute Gasteiger partial charge is 0.453 e. The van der Waals surface area contributed by atoms with Gasteiger partial charge in [0.1, 0.15) is 5.76 Å². The molecule has 0 radical (unpaired) electrons. The zero-order valence-corrected chi connectivity index (χ0v) is 9.79. The molecular weight excluding hydrogens is 246 g/mol. The number of halogens is 1. The van der Waals surface area contributed by atoms with Gasteiger partial charge in [0.2, 0.25) is 0 Å². The van der Waals surface area contributed by atoms with Crippen molar-refractivity contribution >= 4 is 15.9 Å². The van der Waals surface area contributed by atoms with E-state index in [0.717, 1.165) is 36.6 Å². The van der Waals surface area contributed by atoms with Crippen molar-refractivity contribution in [2.75, 3.05) is 20.3 Å². The lowest BCUT2D eigenvalue weighted by Gasteiger charge is -2.21. The first-order valence-corrected chi connectivity index (χ1v) is 5.57. The Balaban J connectivity index is 1.90. The van der Waals surface area contributed by atoms with Crippen LogP contribution in [0.4, 0.5) is 0 Å². The number of furan rings is 1. The van der Waals surface area contributed by atoms with E-state index in [-0.39, 0.29) is 0 Å². The first kappa shape index (κ1) is 10.2. The molecule has 1 atom stereocenters. The maximum atomic E-state index is 5.45. The molecular formula is C10H14BrNO2. The quantitative estimate of drug-likeness (QED) is 0.833. The molecule has 0 amide bonds. The van der Waals surface area contributed by atoms with E-state index in [9.17, 15) is 0 Å². The third-order valence-corrected chi connectivity index (χ3v) is 2.99. The monoisotopic (exact) mass is 259 g/mol. The molecule has 4 heteroatoms. The van der Waals surface area contributed by atoms with Crippen LogP contribution in [0.2, 0.25) is 0 Å². The standard InChI is InChI=1S/C10H14BrNO2/c1-12(8-4-5-13-7-8)6-9-2-3-10(11)14-9/h2-3,8H,4-7H2,1H3. The van der Waals surface area contributed by atoms with Crippen LogP contribution >= 0.6 is 15.9 Å². The molecule has 1 saturated heterocycles. The maximum Gasteiger partial charge on any atom is 0.169 e. The van der Waals surface area contributed by atoms with Gasteiger partial charge in [-0.25, -0.2) is 0 Å². The molecule has 3 nitrogen and oxygen atoms in total. The molecule has 1 unspecified atom stereocenters. The Kier molecular flexibility index (Phi) is 3.26. The van der Waals surface area contributed by atoms with Crippen molar-refractivity contribution in [2.24, 2.45) is 0 Å². The fourth-order valence-electron chi connectivity index (χ4n) is 1.68. The van der Waals surface area contributed by atoms with Crippen molar-refractivity contribution in [1.82, 2.24) is 4.90 Å². The van der Waals surface area contributed by atoms with Crippen LogP contribution in [0, 0.1) is 0 Å². The van der Waals surface area contributed by atoms with Crippen LogP contribution in [0.5, 0.6) is 0 Å². The van der Waals surface area contributed by atoms with Gasteiger partial charge in [0.05, 0.1) is 13.2 Å². The fraction of sp³-hybridized carbons (Fsp3) is 0.600. The highest BCUT2D eigenvalue weighted by molar-refractivity contribution is 9.10. The summed E-state index contributed by atoms with van der Waals surface area (Å²) < 4.78 is 11.6. The van der Waals surface area contributed by atoms with Crippen molar-refractivity contribution in [3.05, 3.63) is 22.6 Å². The first-order valence-electron chi connectivity index (χ1n) is 4.78. The summed E-state index contributed by atoms with van der Waals surface area (Å²) in [5.74, 6) is 0.992. The SMILES string of the molecule is CN(Cc1ccc(Br)o1)C1CCOC1. The van der Waals surface area contributed by atoms with Crippen LogP contribution in [0.25, 0.3) is 0 Å². The van der Waals surface area contributed by atoms with Crippen molar-refractivity contribution in [1.29, 1.82) is 0 Å². The topological polar surface area (TPSA) is 25.6 Å². The Morgan fingerprint density at radius 1 is 1.57 bits per heavy atom. The lowest BCUT2D eigenvalue weighted by molar-refractivity contribution is 0.151. The highest BCUT2D eigenvalue weighted by atomic mass is 79.9. The zero-order chi connectivity index (χ0) is 9.97. The minimum Gasteiger partial charge on any atom is -0.453 e. The van der Waals surface area contributed by atoms with Crippen LogP contribution in [0.15, 0.2) is 21.2 Å². The molecule has 0 aromatic carbocycles. The Morgan fingerprint density at radius 2 is 2.43 bits per heavy atom. The Hall–Kier alpha value is -0.320. The molecule has 2 heterocycles. The number of likely N-dealkylation sites (N-methyl/N-ethyl adjacent to an activating group) is 1. The molecule has 78 valence electrons. The van der Waals surface area contributed by atoms with E-state index >= 15 is 0 Å². The Morgan fingerprint density at radius 3 is 3.00 bits per heavy atom. The predicted molar refractivity (Wildman–Crippen MR) is 57.1 cm³/mol. The smallest absolute Gasteiger partial charge is 0.169 e. The Labute approximate surface area is 92.2 Å². The second-order valence-corrected chi connectivity index (χ2v) is 4.42. The second-order valence-electron chi connectivity index (χ2n) is 3.64. The van der Waals surface area contributed by atoms with Gasteiger partial charge in [0.15, 0.2) is 4.67 Å². The molecule has 2 rings (SSSR count). The van der Waals surface area contributed by atoms with E-state index in [1.165, 1.54) is 0 Å². The number of hydrogen-bond donors (Lipinski definition) is 0. The van der Waals surface area contributed by atoms with Gasteiger partial charge >= 0.3 is 0 Å². The molecule has 0 aliphatic carbocycles. The van der Waals surface area contributed by atoms with Gasteiger partial charge in [-0.05, 0) is 41.5 Å². The van der Waals surface area contributed by atoms with Gasteiger partial charge in [0.25, 0.3) is 0 Å². The van der Waals surface area contributed by atoms with Gasteiger partial charge in [-0.1, -0.05) is 0 Å². The van der Waals surface area contributed by atoms with Crippen LogP contribution in [-0.2, 0) is 11.3 Å². The van der Waals surface area contributed by atoms with Crippen molar-refractivity contribution in [2.45, 2.75) is 19.0 Å². The van der Waals surface area contributed by atoms with Crippen LogP contribution < -0.4 is 0 Å². The maximum absolute atomic E-state index is 5.45. The molecule has 1 fully saturated rings. The van der Waals surface area contributed by atoms with Crippen molar-refractivity contribution < 1.29 is 9.15 Å². The summed E-state index contributed by atoms with van der Waals surface area (Å²) in [5.41, 5.74) is 0. The highest BCUT2D eigenvalue weighted by Crippen LogP contribution is 2.18. The van der Waals surface area contributed by atoms with E-state index in [2.05, 4.69) is 27.9 Å². The highest BCUT2D eigenvalue weighted by Gasteiger charge is 2.20. The van der Waals surface area contributed by atoms with Crippen LogP contribution in [0.3, 0.4) is 0 Å². The molecule has 0 N–H and O–H groups in total. The minimum absolute atomic E-state index is 0.541. The van der Waals surface area contributed by atoms with Crippen LogP contribution in [-0.4, -0.2) is 31.2 Å². The van der Waals surface area contributed by atoms with E-state index in [4.69, 9.17) is 9.15 Å². The molecule has 14 heavy (non-hydrogen) atoms. The minimum atomic E-state index is 0.541. The molecule has 1 aromatic rings. The molecule has 1 aromatic heterocycles. The summed E-state index contributed by atoms with van der Waals surface area (Å²) in [6, 6.07) is 4.46. The van der Waals surface area contributed by atoms with Gasteiger partial charge in [0, 0.05) is 12.6 Å². The summed E-state index contributed by atoms with van der Waals surface area (Å²) >= 11 is 3.30. The molecule has 0 bridgehead atoms. The summed E-state index contributed by atoms with van der Waals surface area (Å²) in [6.07, 6.45) is 1.12. The van der Waals surface area contributed by atoms with E-state index < -0.39 is 0 Å². The van der Waals surface area contributed by atoms with Gasteiger partial charge < -0.3 is 9.15 Å². The normalized spacial score (nSPS) is 22.1. The van der Waals surface area contributed by atoms with E-state index in [0.29, 0.717) is 6.04 Å². The zero-order valence-electron chi connectivity index (χ0n) is 8.20. The van der Waals surface area contributed by atoms with Gasteiger partial charge in [-0.2, -0.15) is 0 Å². The third kappa shape index (κ3) is 2.38. The first-order chi connectivity index (χ1) is 6.75. The van der Waals surface area contributed by atoms with Crippen LogP contribution in [0.1, 0.15) is 12.2 Å². The number of ether oxygens (including phenoxy) is 1. The number of nitrogens with zero attached hydrogens (tertiary/aromatic N) is 1. The summed E-state index contributed by atoms with van der Waals surface area (Å²) in [7, 11) is 2.11. The van der Waals surface area contributed by atoms with Gasteiger partial charge in [-0.15, -0.1) is 0 Å². The number of rotatable bonds is 3. The molecule has 0 spiro atoms. The number of hydrogen-bond acceptors (Lipinski definition) is 3. The third-order valence-electron chi connectivity index (χ3n) is 2.56. The lowest BCUT2D eigenvalue weighted by atomic mass is 10.2. The van der Waals surface area contributed by atoms with E-state index in [1.54, 1.807) is 0 Å². The Bertz CT molecular complexity index is 294. The average molecular weight is 260 g/mol. The summed E-state index contributed by atoms with van der Waals surface area (Å²) in [4.78, 5) is 2.28. The predicted octanol–water partition coefficient (Wildman–Crippen LogP) is 2.26. The van der Waals surface area contributed by atoms with Crippen molar-refractivity contribution in [3.63, 3.8) is 0 Å². The lowest BCUT2D eigenvalue weighted by Crippen LogP contribution is -2.31. The summed E-state index contributed by atoms with van der Waals surface area (Å²) in [5, 5.41) is 0. The molecule has 1 aliphatic rings. The van der Waals surface area contributed by atoms with E-state index in [1.807, 2.05) is 12.1 Å². The summed E-state index contributed by atoms with van der Waals surface area (Å²) in [6.45, 7) is 2.58. The van der Waals surface area contributed by atoms with Crippen molar-refractivity contribution in [3.8, 4) is 0 Å². The fourth-order valence-corrected chi connectivity index (χ4v) is 2.02. The molecule has 1 aliphatic heterocycles. The second kappa shape index (κ2) is 4.47. The molecule has 0 saturated carbocycles. The van der Waals surface area contributed by atoms with Gasteiger partial charge in [-0.3, -0.25) is 4.90 Å².